The average molecular weight is 394 g/mol. The lowest BCUT2D eigenvalue weighted by atomic mass is 10.2. The van der Waals surface area contributed by atoms with Crippen LogP contribution in [0.1, 0.15) is 12.8 Å². The Bertz CT molecular complexity index is 560. The highest BCUT2D eigenvalue weighted by molar-refractivity contribution is 14.1. The minimum atomic E-state index is -0.179. The molecule has 1 nitrogen and oxygen atoms in total. The highest BCUT2D eigenvalue weighted by Gasteiger charge is 2.23. The first-order chi connectivity index (χ1) is 7.65. The topological polar surface area (TPSA) is 4.93 Å². The molecule has 0 spiro atoms. The van der Waals surface area contributed by atoms with Gasteiger partial charge >= 0.3 is 0 Å². The third kappa shape index (κ3) is 1.90. The fourth-order valence-electron chi connectivity index (χ4n) is 2.03. The third-order valence-corrected chi connectivity index (χ3v) is 4.46. The summed E-state index contributed by atoms with van der Waals surface area (Å²) in [5.41, 5.74) is 1.12. The first-order valence-corrected chi connectivity index (χ1v) is 7.15. The van der Waals surface area contributed by atoms with E-state index < -0.39 is 0 Å². The number of benzene rings is 1. The molecule has 0 atom stereocenters. The Kier molecular flexibility index (Phi) is 2.74. The summed E-state index contributed by atoms with van der Waals surface area (Å²) in [4.78, 5) is 0. The van der Waals surface area contributed by atoms with E-state index in [9.17, 15) is 4.39 Å². The molecule has 1 fully saturated rings. The van der Waals surface area contributed by atoms with Gasteiger partial charge in [-0.25, -0.2) is 4.39 Å². The van der Waals surface area contributed by atoms with E-state index in [1.807, 2.05) is 0 Å². The second-order valence-corrected chi connectivity index (χ2v) is 6.37. The molecule has 0 unspecified atom stereocenters. The number of rotatable bonds is 2. The van der Waals surface area contributed by atoms with Crippen LogP contribution in [0.2, 0.25) is 0 Å². The summed E-state index contributed by atoms with van der Waals surface area (Å²) in [7, 11) is 0. The first kappa shape index (κ1) is 11.0. The van der Waals surface area contributed by atoms with E-state index >= 15 is 0 Å². The fourth-order valence-corrected chi connectivity index (χ4v) is 3.44. The molecule has 0 bridgehead atoms. The molecular formula is C12H10BrFIN. The molecule has 1 aliphatic carbocycles. The average Bonchev–Trinajstić information content (AvgIpc) is 2.94. The summed E-state index contributed by atoms with van der Waals surface area (Å²) in [6, 6.07) is 3.16. The zero-order valence-electron chi connectivity index (χ0n) is 8.51. The van der Waals surface area contributed by atoms with Crippen molar-refractivity contribution in [1.82, 2.24) is 4.57 Å². The minimum Gasteiger partial charge on any atom is -0.345 e. The van der Waals surface area contributed by atoms with Gasteiger partial charge in [0.2, 0.25) is 0 Å². The molecule has 0 N–H and O–H groups in total. The van der Waals surface area contributed by atoms with E-state index in [0.29, 0.717) is 0 Å². The van der Waals surface area contributed by atoms with Crippen LogP contribution in [0.5, 0.6) is 0 Å². The highest BCUT2D eigenvalue weighted by Crippen LogP contribution is 2.35. The van der Waals surface area contributed by atoms with Crippen molar-refractivity contribution in [2.75, 3.05) is 0 Å². The second kappa shape index (κ2) is 3.98. The van der Waals surface area contributed by atoms with Crippen LogP contribution < -0.4 is 0 Å². The molecule has 0 aliphatic heterocycles. The van der Waals surface area contributed by atoms with Crippen molar-refractivity contribution in [2.45, 2.75) is 19.4 Å². The summed E-state index contributed by atoms with van der Waals surface area (Å²) >= 11 is 5.73. The molecule has 1 saturated carbocycles. The van der Waals surface area contributed by atoms with Crippen LogP contribution in [-0.4, -0.2) is 4.57 Å². The Morgan fingerprint density at radius 3 is 2.88 bits per heavy atom. The van der Waals surface area contributed by atoms with Crippen LogP contribution >= 0.6 is 38.5 Å². The van der Waals surface area contributed by atoms with Crippen LogP contribution in [-0.2, 0) is 6.54 Å². The second-order valence-electron chi connectivity index (χ2n) is 4.36. The van der Waals surface area contributed by atoms with Gasteiger partial charge in [0.15, 0.2) is 0 Å². The number of hydrogen-bond donors (Lipinski definition) is 0. The van der Waals surface area contributed by atoms with Crippen LogP contribution in [0.15, 0.2) is 22.8 Å². The monoisotopic (exact) mass is 393 g/mol. The fraction of sp³-hybridized carbons (Fsp3) is 0.333. The molecule has 3 rings (SSSR count). The molecule has 0 radical (unpaired) electrons. The van der Waals surface area contributed by atoms with Crippen molar-refractivity contribution in [3.63, 3.8) is 0 Å². The molecular weight excluding hydrogens is 384 g/mol. The number of aromatic nitrogens is 1. The van der Waals surface area contributed by atoms with Gasteiger partial charge in [0.1, 0.15) is 5.82 Å². The summed E-state index contributed by atoms with van der Waals surface area (Å²) in [6.07, 6.45) is 4.78. The Labute approximate surface area is 115 Å². The summed E-state index contributed by atoms with van der Waals surface area (Å²) < 4.78 is 17.5. The maximum absolute atomic E-state index is 13.3. The van der Waals surface area contributed by atoms with E-state index in [-0.39, 0.29) is 5.82 Å². The van der Waals surface area contributed by atoms with Gasteiger partial charge in [-0.05, 0) is 69.4 Å². The molecule has 1 aliphatic rings. The molecule has 1 heterocycles. The lowest BCUT2D eigenvalue weighted by Gasteiger charge is -2.05. The highest BCUT2D eigenvalue weighted by atomic mass is 127. The van der Waals surface area contributed by atoms with Crippen LogP contribution in [0.4, 0.5) is 4.39 Å². The molecule has 84 valence electrons. The Morgan fingerprint density at radius 1 is 1.44 bits per heavy atom. The number of fused-ring (bicyclic) bond motifs is 1. The molecule has 1 aromatic carbocycles. The molecule has 4 heteroatoms. The van der Waals surface area contributed by atoms with E-state index in [1.165, 1.54) is 12.8 Å². The van der Waals surface area contributed by atoms with Gasteiger partial charge in [-0.1, -0.05) is 0 Å². The lowest BCUT2D eigenvalue weighted by Crippen LogP contribution is -1.98. The van der Waals surface area contributed by atoms with Crippen molar-refractivity contribution in [3.05, 3.63) is 32.2 Å². The van der Waals surface area contributed by atoms with E-state index in [1.54, 1.807) is 12.1 Å². The molecule has 0 amide bonds. The number of halogens is 3. The van der Waals surface area contributed by atoms with Gasteiger partial charge in [0.25, 0.3) is 0 Å². The molecule has 1 aromatic heterocycles. The van der Waals surface area contributed by atoms with Gasteiger partial charge in [-0.15, -0.1) is 0 Å². The summed E-state index contributed by atoms with van der Waals surface area (Å²) in [5.74, 6) is 0.643. The van der Waals surface area contributed by atoms with Crippen molar-refractivity contribution in [1.29, 1.82) is 0 Å². The predicted molar refractivity (Wildman–Crippen MR) is 75.0 cm³/mol. The summed E-state index contributed by atoms with van der Waals surface area (Å²) in [5, 5.41) is 1.01. The predicted octanol–water partition coefficient (Wildman–Crippen LogP) is 4.56. The van der Waals surface area contributed by atoms with Crippen molar-refractivity contribution in [2.24, 2.45) is 5.92 Å². The molecule has 16 heavy (non-hydrogen) atoms. The number of nitrogens with zero attached hydrogens (tertiary/aromatic N) is 1. The zero-order valence-corrected chi connectivity index (χ0v) is 12.3. The SMILES string of the molecule is Fc1cc(Br)c2c(c1)c(I)cn2CC1CC1. The normalized spacial score (nSPS) is 15.9. The van der Waals surface area contributed by atoms with Crippen molar-refractivity contribution in [3.8, 4) is 0 Å². The van der Waals surface area contributed by atoms with E-state index in [0.717, 1.165) is 31.4 Å². The standard InChI is InChI=1S/C12H10BrFIN/c13-10-4-8(14)3-9-11(15)6-16(12(9)10)5-7-1-2-7/h3-4,6-7H,1-2,5H2. The smallest absolute Gasteiger partial charge is 0.125 e. The maximum Gasteiger partial charge on any atom is 0.125 e. The maximum atomic E-state index is 13.3. The van der Waals surface area contributed by atoms with Crippen molar-refractivity contribution < 1.29 is 4.39 Å². The van der Waals surface area contributed by atoms with Gasteiger partial charge < -0.3 is 4.57 Å². The zero-order chi connectivity index (χ0) is 11.3. The van der Waals surface area contributed by atoms with Crippen LogP contribution in [0, 0.1) is 15.3 Å². The van der Waals surface area contributed by atoms with Gasteiger partial charge in [0, 0.05) is 26.2 Å². The third-order valence-electron chi connectivity index (χ3n) is 2.99. The van der Waals surface area contributed by atoms with E-state index in [4.69, 9.17) is 0 Å². The van der Waals surface area contributed by atoms with Gasteiger partial charge in [-0.2, -0.15) is 0 Å². The Morgan fingerprint density at radius 2 is 2.19 bits per heavy atom. The lowest BCUT2D eigenvalue weighted by molar-refractivity contribution is 0.626. The Hall–Kier alpha value is -0.100. The van der Waals surface area contributed by atoms with Crippen molar-refractivity contribution >= 4 is 49.4 Å². The van der Waals surface area contributed by atoms with Gasteiger partial charge in [-0.3, -0.25) is 0 Å². The molecule has 2 aromatic rings. The van der Waals surface area contributed by atoms with Crippen LogP contribution in [0.25, 0.3) is 10.9 Å². The largest absolute Gasteiger partial charge is 0.345 e. The number of hydrogen-bond acceptors (Lipinski definition) is 0. The first-order valence-electron chi connectivity index (χ1n) is 5.28. The summed E-state index contributed by atoms with van der Waals surface area (Å²) in [6.45, 7) is 1.06. The van der Waals surface area contributed by atoms with E-state index in [2.05, 4.69) is 49.3 Å². The minimum absolute atomic E-state index is 0.179. The quantitative estimate of drug-likeness (QED) is 0.659. The Balaban J connectivity index is 2.21. The van der Waals surface area contributed by atoms with Crippen LogP contribution in [0.3, 0.4) is 0 Å². The van der Waals surface area contributed by atoms with Gasteiger partial charge in [0.05, 0.1) is 5.52 Å². The molecule has 0 saturated heterocycles.